The van der Waals surface area contributed by atoms with Crippen molar-refractivity contribution in [3.8, 4) is 5.75 Å². The fourth-order valence-electron chi connectivity index (χ4n) is 3.59. The van der Waals surface area contributed by atoms with Gasteiger partial charge in [0.05, 0.1) is 17.6 Å². The molecule has 0 radical (unpaired) electrons. The third-order valence-electron chi connectivity index (χ3n) is 5.04. The van der Waals surface area contributed by atoms with Gasteiger partial charge in [-0.3, -0.25) is 4.79 Å². The van der Waals surface area contributed by atoms with Gasteiger partial charge in [-0.25, -0.2) is 8.42 Å². The van der Waals surface area contributed by atoms with Crippen molar-refractivity contribution in [1.82, 2.24) is 0 Å². The Labute approximate surface area is 167 Å². The Kier molecular flexibility index (Phi) is 6.73. The van der Waals surface area contributed by atoms with E-state index < -0.39 is 9.84 Å². The van der Waals surface area contributed by atoms with E-state index in [2.05, 4.69) is 5.32 Å². The molecular weight excluding hydrogens is 374 g/mol. The highest BCUT2D eigenvalue weighted by molar-refractivity contribution is 7.91. The number of amides is 1. The van der Waals surface area contributed by atoms with Crippen molar-refractivity contribution in [3.05, 3.63) is 59.7 Å². The predicted octanol–water partition coefficient (Wildman–Crippen LogP) is 4.59. The lowest BCUT2D eigenvalue weighted by Crippen LogP contribution is -2.25. The average molecular weight is 402 g/mol. The van der Waals surface area contributed by atoms with Gasteiger partial charge in [-0.1, -0.05) is 31.4 Å². The SMILES string of the molecule is CCOc1ccc(C(=O)Nc2cccc(CS(=O)(=O)C3CCCCC3)c2)cc1. The van der Waals surface area contributed by atoms with E-state index in [9.17, 15) is 13.2 Å². The Morgan fingerprint density at radius 1 is 1.07 bits per heavy atom. The van der Waals surface area contributed by atoms with Crippen LogP contribution >= 0.6 is 0 Å². The molecule has 0 saturated heterocycles. The molecule has 0 heterocycles. The van der Waals surface area contributed by atoms with Crippen LogP contribution in [-0.4, -0.2) is 26.2 Å². The molecule has 3 rings (SSSR count). The predicted molar refractivity (Wildman–Crippen MR) is 112 cm³/mol. The first kappa shape index (κ1) is 20.4. The topological polar surface area (TPSA) is 72.5 Å². The Hall–Kier alpha value is -2.34. The fourth-order valence-corrected chi connectivity index (χ4v) is 5.52. The van der Waals surface area contributed by atoms with Crippen molar-refractivity contribution in [2.24, 2.45) is 0 Å². The highest BCUT2D eigenvalue weighted by Gasteiger charge is 2.27. The fraction of sp³-hybridized carbons (Fsp3) is 0.409. The van der Waals surface area contributed by atoms with Gasteiger partial charge in [-0.2, -0.15) is 0 Å². The van der Waals surface area contributed by atoms with Crippen LogP contribution in [0.1, 0.15) is 54.9 Å². The molecule has 1 N–H and O–H groups in total. The Bertz CT molecular complexity index is 900. The number of hydrogen-bond donors (Lipinski definition) is 1. The van der Waals surface area contributed by atoms with Gasteiger partial charge >= 0.3 is 0 Å². The summed E-state index contributed by atoms with van der Waals surface area (Å²) in [6, 6.07) is 14.0. The van der Waals surface area contributed by atoms with Crippen molar-refractivity contribution in [2.45, 2.75) is 50.0 Å². The van der Waals surface area contributed by atoms with Gasteiger partial charge in [0.15, 0.2) is 9.84 Å². The van der Waals surface area contributed by atoms with Crippen molar-refractivity contribution in [3.63, 3.8) is 0 Å². The summed E-state index contributed by atoms with van der Waals surface area (Å²) in [5.41, 5.74) is 1.81. The molecular formula is C22H27NO4S. The number of nitrogens with one attached hydrogen (secondary N) is 1. The smallest absolute Gasteiger partial charge is 0.255 e. The van der Waals surface area contributed by atoms with Gasteiger partial charge in [0.25, 0.3) is 5.91 Å². The number of sulfone groups is 1. The molecule has 1 aliphatic carbocycles. The van der Waals surface area contributed by atoms with Gasteiger partial charge in [0.2, 0.25) is 0 Å². The number of anilines is 1. The molecule has 2 aromatic carbocycles. The molecule has 2 aromatic rings. The van der Waals surface area contributed by atoms with Gasteiger partial charge in [-0.15, -0.1) is 0 Å². The molecule has 1 fully saturated rings. The number of ether oxygens (including phenoxy) is 1. The van der Waals surface area contributed by atoms with Crippen molar-refractivity contribution in [2.75, 3.05) is 11.9 Å². The van der Waals surface area contributed by atoms with Crippen LogP contribution in [0.15, 0.2) is 48.5 Å². The van der Waals surface area contributed by atoms with Crippen molar-refractivity contribution < 1.29 is 17.9 Å². The zero-order valence-corrected chi connectivity index (χ0v) is 17.0. The molecule has 0 spiro atoms. The molecule has 150 valence electrons. The molecule has 5 nitrogen and oxygen atoms in total. The summed E-state index contributed by atoms with van der Waals surface area (Å²) in [5.74, 6) is 0.494. The molecule has 0 atom stereocenters. The minimum atomic E-state index is -3.17. The van der Waals surface area contributed by atoms with E-state index in [1.165, 1.54) is 0 Å². The minimum Gasteiger partial charge on any atom is -0.494 e. The third kappa shape index (κ3) is 5.35. The van der Waals surface area contributed by atoms with E-state index >= 15 is 0 Å². The molecule has 1 aliphatic rings. The second kappa shape index (κ2) is 9.24. The molecule has 1 amide bonds. The van der Waals surface area contributed by atoms with Crippen LogP contribution in [0.5, 0.6) is 5.75 Å². The van der Waals surface area contributed by atoms with Crippen LogP contribution in [0.4, 0.5) is 5.69 Å². The largest absolute Gasteiger partial charge is 0.494 e. The van der Waals surface area contributed by atoms with Gasteiger partial charge in [0, 0.05) is 11.3 Å². The maximum atomic E-state index is 12.7. The highest BCUT2D eigenvalue weighted by Crippen LogP contribution is 2.26. The zero-order chi connectivity index (χ0) is 20.0. The standard InChI is InChI=1S/C22H27NO4S/c1-2-27-20-13-11-18(12-14-20)22(24)23-19-8-6-7-17(15-19)16-28(25,26)21-9-4-3-5-10-21/h6-8,11-15,21H,2-5,9-10,16H2,1H3,(H,23,24). The quantitative estimate of drug-likeness (QED) is 0.737. The van der Waals surface area contributed by atoms with Gasteiger partial charge in [0.1, 0.15) is 5.75 Å². The Morgan fingerprint density at radius 3 is 2.46 bits per heavy atom. The van der Waals surface area contributed by atoms with Crippen LogP contribution in [0, 0.1) is 0 Å². The molecule has 1 saturated carbocycles. The maximum absolute atomic E-state index is 12.7. The van der Waals surface area contributed by atoms with Gasteiger partial charge in [-0.05, 0) is 61.7 Å². The van der Waals surface area contributed by atoms with E-state index in [1.807, 2.05) is 6.92 Å². The molecule has 0 unspecified atom stereocenters. The summed E-state index contributed by atoms with van der Waals surface area (Å²) in [4.78, 5) is 12.5. The van der Waals surface area contributed by atoms with Crippen LogP contribution in [0.25, 0.3) is 0 Å². The lowest BCUT2D eigenvalue weighted by Gasteiger charge is -2.21. The first-order chi connectivity index (χ1) is 13.5. The number of hydrogen-bond acceptors (Lipinski definition) is 4. The highest BCUT2D eigenvalue weighted by atomic mass is 32.2. The summed E-state index contributed by atoms with van der Waals surface area (Å²) in [6.07, 6.45) is 4.62. The normalized spacial score (nSPS) is 15.2. The Morgan fingerprint density at radius 2 is 1.79 bits per heavy atom. The van der Waals surface area contributed by atoms with Crippen molar-refractivity contribution >= 4 is 21.4 Å². The third-order valence-corrected chi connectivity index (χ3v) is 7.26. The molecule has 6 heteroatoms. The number of benzene rings is 2. The van der Waals surface area contributed by atoms with Gasteiger partial charge < -0.3 is 10.1 Å². The average Bonchev–Trinajstić information content (AvgIpc) is 2.69. The van der Waals surface area contributed by atoms with Crippen LogP contribution in [0.2, 0.25) is 0 Å². The van der Waals surface area contributed by atoms with E-state index in [4.69, 9.17) is 4.74 Å². The van der Waals surface area contributed by atoms with E-state index in [0.717, 1.165) is 32.1 Å². The first-order valence-corrected chi connectivity index (χ1v) is 11.5. The summed E-state index contributed by atoms with van der Waals surface area (Å²) < 4.78 is 30.8. The van der Waals surface area contributed by atoms with Crippen LogP contribution in [0.3, 0.4) is 0 Å². The monoisotopic (exact) mass is 401 g/mol. The summed E-state index contributed by atoms with van der Waals surface area (Å²) in [5, 5.41) is 2.61. The molecule has 0 aromatic heterocycles. The zero-order valence-electron chi connectivity index (χ0n) is 16.2. The Balaban J connectivity index is 1.66. The number of rotatable bonds is 7. The second-order valence-corrected chi connectivity index (χ2v) is 9.46. The maximum Gasteiger partial charge on any atom is 0.255 e. The van der Waals surface area contributed by atoms with E-state index in [0.29, 0.717) is 29.2 Å². The van der Waals surface area contributed by atoms with Crippen LogP contribution < -0.4 is 10.1 Å². The summed E-state index contributed by atoms with van der Waals surface area (Å²) in [6.45, 7) is 2.48. The molecule has 0 bridgehead atoms. The van der Waals surface area contributed by atoms with E-state index in [-0.39, 0.29) is 16.9 Å². The summed E-state index contributed by atoms with van der Waals surface area (Å²) >= 11 is 0. The molecule has 28 heavy (non-hydrogen) atoms. The number of carbonyl (C=O) groups is 1. The number of carbonyl (C=O) groups excluding carboxylic acids is 1. The second-order valence-electron chi connectivity index (χ2n) is 7.18. The minimum absolute atomic E-state index is 0.0183. The lowest BCUT2D eigenvalue weighted by molar-refractivity contribution is 0.102. The van der Waals surface area contributed by atoms with Crippen LogP contribution in [-0.2, 0) is 15.6 Å². The van der Waals surface area contributed by atoms with E-state index in [1.54, 1.807) is 48.5 Å². The first-order valence-electron chi connectivity index (χ1n) is 9.82. The molecule has 0 aliphatic heterocycles. The summed E-state index contributed by atoms with van der Waals surface area (Å²) in [7, 11) is -3.17. The van der Waals surface area contributed by atoms with Crippen molar-refractivity contribution in [1.29, 1.82) is 0 Å². The lowest BCUT2D eigenvalue weighted by atomic mass is 10.0.